The third-order valence-electron chi connectivity index (χ3n) is 5.01. The summed E-state index contributed by atoms with van der Waals surface area (Å²) in [4.78, 5) is 44.0. The number of nitrogens with one attached hydrogen (secondary N) is 1. The van der Waals surface area contributed by atoms with Gasteiger partial charge in [-0.15, -0.1) is 0 Å². The van der Waals surface area contributed by atoms with E-state index in [1.165, 1.54) is 30.2 Å². The van der Waals surface area contributed by atoms with Crippen molar-refractivity contribution in [2.75, 3.05) is 24.5 Å². The minimum absolute atomic E-state index is 0.0778. The maximum Gasteiger partial charge on any atom is 0.414 e. The summed E-state index contributed by atoms with van der Waals surface area (Å²) in [6.07, 6.45) is 0.311. The predicted molar refractivity (Wildman–Crippen MR) is 118 cm³/mol. The van der Waals surface area contributed by atoms with Crippen LogP contribution in [-0.2, 0) is 25.7 Å². The Morgan fingerprint density at radius 2 is 2.14 bits per heavy atom. The Kier molecular flexibility index (Phi) is 6.96. The maximum atomic E-state index is 14.9. The van der Waals surface area contributed by atoms with Crippen LogP contribution in [0.5, 0.6) is 0 Å². The molecule has 13 heteroatoms. The average Bonchev–Trinajstić information content (AvgIpc) is 3.48. The van der Waals surface area contributed by atoms with Gasteiger partial charge in [0.05, 0.1) is 25.3 Å². The van der Waals surface area contributed by atoms with Crippen molar-refractivity contribution in [2.24, 2.45) is 5.73 Å². The number of aromatic nitrogens is 3. The molecule has 2 aromatic heterocycles. The first-order valence-corrected chi connectivity index (χ1v) is 10.5. The van der Waals surface area contributed by atoms with Crippen LogP contribution in [0.4, 0.5) is 14.9 Å². The van der Waals surface area contributed by atoms with E-state index in [9.17, 15) is 18.8 Å². The molecule has 3 N–H and O–H groups in total. The molecule has 3 aromatic rings. The number of anilines is 1. The SMILES string of the molecule is CC(=O)NC[C@H]1CN(c2ccc(-c3ccc(-c4noc(COC(=O)CN)n4)nc3)c(F)c2)C(=O)O1. The number of benzene rings is 1. The number of halogens is 1. The number of nitrogens with two attached hydrogens (primary N) is 1. The number of hydrogen-bond acceptors (Lipinski definition) is 10. The number of ether oxygens (including phenoxy) is 2. The Hall–Kier alpha value is -4.39. The van der Waals surface area contributed by atoms with Gasteiger partial charge >= 0.3 is 12.1 Å². The van der Waals surface area contributed by atoms with Gasteiger partial charge in [0.25, 0.3) is 5.89 Å². The van der Waals surface area contributed by atoms with Crippen LogP contribution in [0.15, 0.2) is 41.1 Å². The number of rotatable bonds is 8. The van der Waals surface area contributed by atoms with Crippen molar-refractivity contribution in [3.05, 3.63) is 48.2 Å². The van der Waals surface area contributed by atoms with Gasteiger partial charge in [-0.3, -0.25) is 19.5 Å². The summed E-state index contributed by atoms with van der Waals surface area (Å²) in [6, 6.07) is 7.60. The summed E-state index contributed by atoms with van der Waals surface area (Å²) in [5.74, 6) is -1.14. The van der Waals surface area contributed by atoms with E-state index >= 15 is 0 Å². The molecule has 1 aliphatic heterocycles. The zero-order valence-corrected chi connectivity index (χ0v) is 18.6. The molecule has 1 fully saturated rings. The van der Waals surface area contributed by atoms with Crippen LogP contribution in [-0.4, -0.2) is 58.8 Å². The van der Waals surface area contributed by atoms with E-state index in [1.54, 1.807) is 18.2 Å². The molecule has 1 saturated heterocycles. The summed E-state index contributed by atoms with van der Waals surface area (Å²) in [5.41, 5.74) is 6.64. The molecule has 1 aromatic carbocycles. The van der Waals surface area contributed by atoms with Gasteiger partial charge in [0.2, 0.25) is 11.7 Å². The number of cyclic esters (lactones) is 1. The topological polar surface area (TPSA) is 163 Å². The molecule has 182 valence electrons. The van der Waals surface area contributed by atoms with Gasteiger partial charge in [-0.1, -0.05) is 11.2 Å². The minimum atomic E-state index is -0.615. The zero-order valence-electron chi connectivity index (χ0n) is 18.6. The van der Waals surface area contributed by atoms with E-state index in [0.717, 1.165) is 0 Å². The van der Waals surface area contributed by atoms with E-state index in [0.29, 0.717) is 16.9 Å². The van der Waals surface area contributed by atoms with Crippen LogP contribution in [0.25, 0.3) is 22.6 Å². The number of pyridine rings is 1. The third kappa shape index (κ3) is 5.58. The molecular formula is C22H21FN6O6. The quantitative estimate of drug-likeness (QED) is 0.447. The molecule has 0 radical (unpaired) electrons. The second-order valence-corrected chi connectivity index (χ2v) is 7.53. The molecule has 4 rings (SSSR count). The number of hydrogen-bond donors (Lipinski definition) is 2. The monoisotopic (exact) mass is 484 g/mol. The Morgan fingerprint density at radius 1 is 1.31 bits per heavy atom. The highest BCUT2D eigenvalue weighted by molar-refractivity contribution is 5.90. The molecule has 3 heterocycles. The summed E-state index contributed by atoms with van der Waals surface area (Å²) in [5, 5.41) is 6.37. The van der Waals surface area contributed by atoms with Crippen molar-refractivity contribution in [3.63, 3.8) is 0 Å². The number of esters is 1. The molecule has 2 amide bonds. The van der Waals surface area contributed by atoms with Gasteiger partial charge in [0.1, 0.15) is 17.6 Å². The number of nitrogens with zero attached hydrogens (tertiary/aromatic N) is 4. The Balaban J connectivity index is 1.44. The fourth-order valence-electron chi connectivity index (χ4n) is 3.31. The van der Waals surface area contributed by atoms with E-state index in [4.69, 9.17) is 19.7 Å². The summed E-state index contributed by atoms with van der Waals surface area (Å²) >= 11 is 0. The fraction of sp³-hybridized carbons (Fsp3) is 0.273. The summed E-state index contributed by atoms with van der Waals surface area (Å²) in [6.45, 7) is 1.26. The normalized spacial score (nSPS) is 15.1. The van der Waals surface area contributed by atoms with Gasteiger partial charge < -0.3 is 25.0 Å². The molecule has 0 saturated carbocycles. The van der Waals surface area contributed by atoms with Crippen LogP contribution >= 0.6 is 0 Å². The molecule has 1 atom stereocenters. The molecule has 0 bridgehead atoms. The van der Waals surface area contributed by atoms with E-state index in [2.05, 4.69) is 20.4 Å². The number of amides is 2. The second-order valence-electron chi connectivity index (χ2n) is 7.53. The molecule has 35 heavy (non-hydrogen) atoms. The standard InChI is InChI=1S/C22H21FN6O6/c1-12(30)25-9-15-10-29(22(32)34-15)14-3-4-16(17(23)6-14)13-2-5-18(26-8-13)21-27-19(35-28-21)11-33-20(31)7-24/h2-6,8,15H,7,9-11,24H2,1H3,(H,25,30)/t15-/m0/s1. The average molecular weight is 484 g/mol. The Labute approximate surface area is 198 Å². The first-order valence-electron chi connectivity index (χ1n) is 10.5. The Bertz CT molecular complexity index is 1250. The third-order valence-corrected chi connectivity index (χ3v) is 5.01. The van der Waals surface area contributed by atoms with Gasteiger partial charge in [-0.2, -0.15) is 4.98 Å². The predicted octanol–water partition coefficient (Wildman–Crippen LogP) is 1.40. The first kappa shape index (κ1) is 23.8. The summed E-state index contributed by atoms with van der Waals surface area (Å²) in [7, 11) is 0. The van der Waals surface area contributed by atoms with Crippen LogP contribution in [0.3, 0.4) is 0 Å². The second kappa shape index (κ2) is 10.3. The molecule has 12 nitrogen and oxygen atoms in total. The van der Waals surface area contributed by atoms with Crippen molar-refractivity contribution in [1.29, 1.82) is 0 Å². The lowest BCUT2D eigenvalue weighted by Crippen LogP contribution is -2.33. The minimum Gasteiger partial charge on any atom is -0.455 e. The van der Waals surface area contributed by atoms with E-state index in [-0.39, 0.29) is 49.4 Å². The zero-order chi connectivity index (χ0) is 24.9. The number of carbonyl (C=O) groups excluding carboxylic acids is 3. The summed E-state index contributed by atoms with van der Waals surface area (Å²) < 4.78 is 30.0. The molecular weight excluding hydrogens is 463 g/mol. The van der Waals surface area contributed by atoms with Crippen molar-refractivity contribution in [1.82, 2.24) is 20.4 Å². The molecule has 1 aliphatic rings. The number of carbonyl (C=O) groups is 3. The van der Waals surface area contributed by atoms with Crippen molar-refractivity contribution in [2.45, 2.75) is 19.6 Å². The highest BCUT2D eigenvalue weighted by atomic mass is 19.1. The van der Waals surface area contributed by atoms with Gasteiger partial charge in [0, 0.05) is 24.2 Å². The van der Waals surface area contributed by atoms with Gasteiger partial charge in [-0.25, -0.2) is 9.18 Å². The van der Waals surface area contributed by atoms with E-state index < -0.39 is 24.0 Å². The smallest absolute Gasteiger partial charge is 0.414 e. The fourth-order valence-corrected chi connectivity index (χ4v) is 3.31. The first-order chi connectivity index (χ1) is 16.8. The van der Waals surface area contributed by atoms with E-state index in [1.807, 2.05) is 0 Å². The van der Waals surface area contributed by atoms with Crippen LogP contribution < -0.4 is 16.0 Å². The van der Waals surface area contributed by atoms with Crippen molar-refractivity contribution < 1.29 is 32.8 Å². The Morgan fingerprint density at radius 3 is 2.83 bits per heavy atom. The van der Waals surface area contributed by atoms with Crippen LogP contribution in [0.2, 0.25) is 0 Å². The van der Waals surface area contributed by atoms with Gasteiger partial charge in [0.15, 0.2) is 6.61 Å². The maximum absolute atomic E-state index is 14.9. The van der Waals surface area contributed by atoms with Gasteiger partial charge in [-0.05, 0) is 24.3 Å². The lowest BCUT2D eigenvalue weighted by atomic mass is 10.1. The molecule has 0 spiro atoms. The largest absolute Gasteiger partial charge is 0.455 e. The van der Waals surface area contributed by atoms with Crippen molar-refractivity contribution >= 4 is 23.7 Å². The van der Waals surface area contributed by atoms with Crippen LogP contribution in [0, 0.1) is 5.82 Å². The molecule has 0 aliphatic carbocycles. The highest BCUT2D eigenvalue weighted by Crippen LogP contribution is 2.29. The van der Waals surface area contributed by atoms with Crippen molar-refractivity contribution in [3.8, 4) is 22.6 Å². The van der Waals surface area contributed by atoms with Crippen LogP contribution in [0.1, 0.15) is 12.8 Å². The molecule has 0 unspecified atom stereocenters. The lowest BCUT2D eigenvalue weighted by Gasteiger charge is -2.14. The highest BCUT2D eigenvalue weighted by Gasteiger charge is 2.32. The lowest BCUT2D eigenvalue weighted by molar-refractivity contribution is -0.144.